The minimum atomic E-state index is -0.967. The molecule has 1 aromatic carbocycles. The van der Waals surface area contributed by atoms with Crippen LogP contribution in [0.3, 0.4) is 0 Å². The van der Waals surface area contributed by atoms with Gasteiger partial charge in [0.15, 0.2) is 0 Å². The zero-order chi connectivity index (χ0) is 11.8. The fraction of sp³-hybridized carbons (Fsp3) is 0.333. The van der Waals surface area contributed by atoms with Gasteiger partial charge in [0.25, 0.3) is 5.91 Å². The quantitative estimate of drug-likeness (QED) is 0.722. The third kappa shape index (κ3) is 1.56. The lowest BCUT2D eigenvalue weighted by Gasteiger charge is -2.36. The Kier molecular flexibility index (Phi) is 2.42. The van der Waals surface area contributed by atoms with E-state index >= 15 is 0 Å². The van der Waals surface area contributed by atoms with E-state index in [-0.39, 0.29) is 11.8 Å². The number of carbonyl (C=O) groups is 2. The number of amides is 2. The molecule has 16 heavy (non-hydrogen) atoms. The number of carbonyl (C=O) groups excluding carboxylic acids is 2. The van der Waals surface area contributed by atoms with Crippen LogP contribution >= 0.6 is 0 Å². The molecule has 2 atom stereocenters. The van der Waals surface area contributed by atoms with E-state index in [0.717, 1.165) is 5.56 Å². The van der Waals surface area contributed by atoms with Gasteiger partial charge in [0, 0.05) is 0 Å². The van der Waals surface area contributed by atoms with Gasteiger partial charge < -0.3 is 10.6 Å². The highest BCUT2D eigenvalue weighted by Crippen LogP contribution is 2.23. The van der Waals surface area contributed by atoms with Crippen molar-refractivity contribution in [2.24, 2.45) is 0 Å². The monoisotopic (exact) mass is 218 g/mol. The van der Waals surface area contributed by atoms with Gasteiger partial charge in [0.1, 0.15) is 11.6 Å². The molecule has 0 spiro atoms. The number of hydrogen-bond acceptors (Lipinski definition) is 2. The molecule has 84 valence electrons. The van der Waals surface area contributed by atoms with E-state index in [4.69, 9.17) is 0 Å². The molecular formula is C12H14N2O2. The van der Waals surface area contributed by atoms with Crippen LogP contribution in [0.4, 0.5) is 0 Å². The first-order valence-electron chi connectivity index (χ1n) is 5.22. The predicted molar refractivity (Wildman–Crippen MR) is 59.5 cm³/mol. The molecule has 0 radical (unpaired) electrons. The Bertz CT molecular complexity index is 430. The lowest BCUT2D eigenvalue weighted by molar-refractivity contribution is -0.140. The largest absolute Gasteiger partial charge is 0.342 e. The first kappa shape index (κ1) is 10.7. The molecule has 1 aliphatic heterocycles. The standard InChI is InChI=1S/C12H14N2O2/c1-8-10(15)14-12(2,11(16)13-8)9-6-4-3-5-7-9/h3-8H,1-2H3,(H,13,16)(H,14,15). The van der Waals surface area contributed by atoms with Crippen LogP contribution in [0, 0.1) is 0 Å². The Morgan fingerprint density at radius 1 is 1.19 bits per heavy atom. The fourth-order valence-electron chi connectivity index (χ4n) is 1.79. The molecular weight excluding hydrogens is 204 g/mol. The van der Waals surface area contributed by atoms with E-state index in [2.05, 4.69) is 10.6 Å². The predicted octanol–water partition coefficient (Wildman–Crippen LogP) is 0.536. The molecule has 0 aliphatic carbocycles. The zero-order valence-corrected chi connectivity index (χ0v) is 9.28. The minimum absolute atomic E-state index is 0.161. The summed E-state index contributed by atoms with van der Waals surface area (Å²) in [5.41, 5.74) is -0.182. The number of benzene rings is 1. The van der Waals surface area contributed by atoms with Gasteiger partial charge in [-0.2, -0.15) is 0 Å². The van der Waals surface area contributed by atoms with Crippen molar-refractivity contribution in [1.29, 1.82) is 0 Å². The van der Waals surface area contributed by atoms with Crippen molar-refractivity contribution in [2.45, 2.75) is 25.4 Å². The van der Waals surface area contributed by atoms with Gasteiger partial charge >= 0.3 is 0 Å². The van der Waals surface area contributed by atoms with Gasteiger partial charge in [-0.25, -0.2) is 0 Å². The number of rotatable bonds is 1. The summed E-state index contributed by atoms with van der Waals surface area (Å²) in [5, 5.41) is 5.42. The van der Waals surface area contributed by atoms with E-state index in [1.165, 1.54) is 0 Å². The SMILES string of the molecule is CC1NC(=O)C(C)(c2ccccc2)NC1=O. The molecule has 1 saturated heterocycles. The van der Waals surface area contributed by atoms with E-state index in [9.17, 15) is 9.59 Å². The van der Waals surface area contributed by atoms with E-state index in [0.29, 0.717) is 0 Å². The lowest BCUT2D eigenvalue weighted by atomic mass is 9.88. The van der Waals surface area contributed by atoms with Gasteiger partial charge in [0.05, 0.1) is 0 Å². The van der Waals surface area contributed by atoms with E-state index in [1.54, 1.807) is 13.8 Å². The average Bonchev–Trinajstić information content (AvgIpc) is 2.28. The minimum Gasteiger partial charge on any atom is -0.342 e. The van der Waals surface area contributed by atoms with Crippen molar-refractivity contribution >= 4 is 11.8 Å². The summed E-state index contributed by atoms with van der Waals surface area (Å²) in [4.78, 5) is 23.5. The van der Waals surface area contributed by atoms with Crippen LogP contribution in [0.15, 0.2) is 30.3 Å². The molecule has 2 amide bonds. The summed E-state index contributed by atoms with van der Waals surface area (Å²) in [6.45, 7) is 3.37. The average molecular weight is 218 g/mol. The second-order valence-corrected chi connectivity index (χ2v) is 4.18. The Hall–Kier alpha value is -1.84. The fourth-order valence-corrected chi connectivity index (χ4v) is 1.79. The van der Waals surface area contributed by atoms with Crippen LogP contribution in [-0.2, 0) is 15.1 Å². The molecule has 1 aromatic rings. The van der Waals surface area contributed by atoms with Crippen LogP contribution in [0.2, 0.25) is 0 Å². The molecule has 1 aliphatic rings. The van der Waals surface area contributed by atoms with Crippen LogP contribution in [0.25, 0.3) is 0 Å². The topological polar surface area (TPSA) is 58.2 Å². The Morgan fingerprint density at radius 3 is 2.44 bits per heavy atom. The van der Waals surface area contributed by atoms with Gasteiger partial charge in [-0.15, -0.1) is 0 Å². The van der Waals surface area contributed by atoms with Crippen molar-refractivity contribution in [2.75, 3.05) is 0 Å². The van der Waals surface area contributed by atoms with Crippen LogP contribution in [0.5, 0.6) is 0 Å². The number of nitrogens with one attached hydrogen (secondary N) is 2. The van der Waals surface area contributed by atoms with Gasteiger partial charge in [-0.1, -0.05) is 30.3 Å². The van der Waals surface area contributed by atoms with Crippen molar-refractivity contribution < 1.29 is 9.59 Å². The Balaban J connectivity index is 2.38. The number of piperazine rings is 1. The third-order valence-electron chi connectivity index (χ3n) is 2.92. The smallest absolute Gasteiger partial charge is 0.250 e. The summed E-state index contributed by atoms with van der Waals surface area (Å²) in [6, 6.07) is 8.75. The van der Waals surface area contributed by atoms with Crippen molar-refractivity contribution in [1.82, 2.24) is 10.6 Å². The maximum Gasteiger partial charge on any atom is 0.250 e. The number of hydrogen-bond donors (Lipinski definition) is 2. The Morgan fingerprint density at radius 2 is 1.81 bits per heavy atom. The highest BCUT2D eigenvalue weighted by Gasteiger charge is 2.42. The normalized spacial score (nSPS) is 29.5. The molecule has 1 fully saturated rings. The Labute approximate surface area is 94.0 Å². The molecule has 2 N–H and O–H groups in total. The summed E-state index contributed by atoms with van der Waals surface area (Å²) in [5.74, 6) is -0.336. The van der Waals surface area contributed by atoms with Crippen molar-refractivity contribution in [3.63, 3.8) is 0 Å². The zero-order valence-electron chi connectivity index (χ0n) is 9.28. The van der Waals surface area contributed by atoms with Crippen molar-refractivity contribution in [3.05, 3.63) is 35.9 Å². The van der Waals surface area contributed by atoms with Gasteiger partial charge in [-0.3, -0.25) is 9.59 Å². The second kappa shape index (κ2) is 3.63. The molecule has 0 bridgehead atoms. The van der Waals surface area contributed by atoms with Crippen LogP contribution in [0.1, 0.15) is 19.4 Å². The lowest BCUT2D eigenvalue weighted by Crippen LogP contribution is -2.65. The molecule has 0 saturated carbocycles. The van der Waals surface area contributed by atoms with E-state index < -0.39 is 11.6 Å². The summed E-state index contributed by atoms with van der Waals surface area (Å²) >= 11 is 0. The molecule has 2 unspecified atom stereocenters. The van der Waals surface area contributed by atoms with Crippen LogP contribution < -0.4 is 10.6 Å². The first-order valence-corrected chi connectivity index (χ1v) is 5.22. The van der Waals surface area contributed by atoms with Gasteiger partial charge in [0.2, 0.25) is 5.91 Å². The molecule has 4 nitrogen and oxygen atoms in total. The van der Waals surface area contributed by atoms with Gasteiger partial charge in [-0.05, 0) is 19.4 Å². The summed E-state index contributed by atoms with van der Waals surface area (Å²) in [6.07, 6.45) is 0. The second-order valence-electron chi connectivity index (χ2n) is 4.18. The maximum absolute atomic E-state index is 11.9. The molecule has 4 heteroatoms. The molecule has 1 heterocycles. The van der Waals surface area contributed by atoms with Crippen LogP contribution in [-0.4, -0.2) is 17.9 Å². The molecule has 0 aromatic heterocycles. The molecule has 2 rings (SSSR count). The summed E-state index contributed by atoms with van der Waals surface area (Å²) < 4.78 is 0. The summed E-state index contributed by atoms with van der Waals surface area (Å²) in [7, 11) is 0. The van der Waals surface area contributed by atoms with E-state index in [1.807, 2.05) is 30.3 Å². The highest BCUT2D eigenvalue weighted by atomic mass is 16.2. The maximum atomic E-state index is 11.9. The third-order valence-corrected chi connectivity index (χ3v) is 2.92. The highest BCUT2D eigenvalue weighted by molar-refractivity contribution is 5.99. The van der Waals surface area contributed by atoms with Crippen molar-refractivity contribution in [3.8, 4) is 0 Å². The first-order chi connectivity index (χ1) is 7.54.